The van der Waals surface area contributed by atoms with Crippen molar-refractivity contribution in [2.24, 2.45) is 16.7 Å². The number of benzene rings is 2. The topological polar surface area (TPSA) is 68.3 Å². The number of hydrogen-bond donors (Lipinski definition) is 0. The Morgan fingerprint density at radius 1 is 0.714 bits per heavy atom. The van der Waals surface area contributed by atoms with Gasteiger partial charge in [-0.25, -0.2) is 16.8 Å². The van der Waals surface area contributed by atoms with Crippen molar-refractivity contribution in [3.05, 3.63) is 60.2 Å². The maximum absolute atomic E-state index is 12.7. The fourth-order valence-electron chi connectivity index (χ4n) is 3.37. The molecule has 0 saturated carbocycles. The second kappa shape index (κ2) is 7.64. The quantitative estimate of drug-likeness (QED) is 0.607. The molecule has 0 aromatic heterocycles. The highest BCUT2D eigenvalue weighted by Crippen LogP contribution is 2.46. The summed E-state index contributed by atoms with van der Waals surface area (Å²) in [6, 6.07) is 13.5. The second-order valence-corrected chi connectivity index (χ2v) is 14.3. The minimum Gasteiger partial charge on any atom is -0.207 e. The zero-order valence-electron chi connectivity index (χ0n) is 17.4. The van der Waals surface area contributed by atoms with Crippen LogP contribution in [-0.4, -0.2) is 16.8 Å². The van der Waals surface area contributed by atoms with E-state index in [1.54, 1.807) is 18.2 Å². The molecule has 0 heterocycles. The van der Waals surface area contributed by atoms with Crippen molar-refractivity contribution < 1.29 is 16.8 Å². The number of rotatable bonds is 6. The molecular formula is C22H30O4S2. The Balaban J connectivity index is 2.39. The summed E-state index contributed by atoms with van der Waals surface area (Å²) in [5.74, 6) is 0.425. The predicted molar refractivity (Wildman–Crippen MR) is 113 cm³/mol. The summed E-state index contributed by atoms with van der Waals surface area (Å²) in [5, 5.41) is 0. The molecule has 1 atom stereocenters. The molecule has 2 aromatic rings. The first-order chi connectivity index (χ1) is 12.7. The Morgan fingerprint density at radius 3 is 1.54 bits per heavy atom. The smallest absolute Gasteiger partial charge is 0.207 e. The molecule has 28 heavy (non-hydrogen) atoms. The van der Waals surface area contributed by atoms with Gasteiger partial charge in [0.1, 0.15) is 0 Å². The van der Waals surface area contributed by atoms with E-state index >= 15 is 0 Å². The van der Waals surface area contributed by atoms with Crippen LogP contribution in [0.15, 0.2) is 64.4 Å². The molecule has 154 valence electrons. The van der Waals surface area contributed by atoms with Crippen molar-refractivity contribution >= 4 is 17.7 Å². The Morgan fingerprint density at radius 2 is 1.14 bits per heavy atom. The summed E-state index contributed by atoms with van der Waals surface area (Å²) in [6.07, 6.45) is 0.778. The van der Waals surface area contributed by atoms with E-state index in [0.717, 1.165) is 12.0 Å². The normalized spacial score (nSPS) is 15.4. The van der Waals surface area contributed by atoms with E-state index in [1.165, 1.54) is 36.4 Å². The fourth-order valence-corrected chi connectivity index (χ4v) is 7.03. The highest BCUT2D eigenvalue weighted by molar-refractivity contribution is 8.67. The first-order valence-electron chi connectivity index (χ1n) is 9.37. The molecule has 0 fully saturated rings. The summed E-state index contributed by atoms with van der Waals surface area (Å²) in [4.78, 5) is -0.429. The molecule has 0 bridgehead atoms. The van der Waals surface area contributed by atoms with E-state index in [2.05, 4.69) is 41.5 Å². The van der Waals surface area contributed by atoms with Gasteiger partial charge in [0.25, 0.3) is 17.7 Å². The summed E-state index contributed by atoms with van der Waals surface area (Å²) in [6.45, 7) is 13.2. The van der Waals surface area contributed by atoms with Gasteiger partial charge in [0.15, 0.2) is 0 Å². The van der Waals surface area contributed by atoms with E-state index in [0.29, 0.717) is 5.92 Å². The van der Waals surface area contributed by atoms with Crippen molar-refractivity contribution in [3.8, 4) is 0 Å². The van der Waals surface area contributed by atoms with Gasteiger partial charge < -0.3 is 0 Å². The molecule has 1 unspecified atom stereocenters. The lowest BCUT2D eigenvalue weighted by Gasteiger charge is -2.46. The molecule has 2 rings (SSSR count). The Hall–Kier alpha value is -1.66. The largest absolute Gasteiger partial charge is 0.286 e. The van der Waals surface area contributed by atoms with E-state index in [4.69, 9.17) is 0 Å². The SMILES string of the molecule is CC(C)C(C)(Cc1ccc(S(=O)(=O)S(=O)(=O)c2ccccc2)cc1)C(C)(C)C. The van der Waals surface area contributed by atoms with Gasteiger partial charge in [-0.05, 0) is 53.0 Å². The van der Waals surface area contributed by atoms with Gasteiger partial charge in [0.05, 0.1) is 9.79 Å². The van der Waals surface area contributed by atoms with Crippen LogP contribution in [0.25, 0.3) is 0 Å². The third-order valence-corrected chi connectivity index (χ3v) is 11.3. The van der Waals surface area contributed by atoms with Gasteiger partial charge in [0, 0.05) is 0 Å². The van der Waals surface area contributed by atoms with Gasteiger partial charge in [-0.2, -0.15) is 0 Å². The first-order valence-corrected chi connectivity index (χ1v) is 12.9. The maximum Gasteiger partial charge on any atom is 0.286 e. The minimum absolute atomic E-state index is 0.00348. The van der Waals surface area contributed by atoms with Crippen LogP contribution in [0.4, 0.5) is 0 Å². The van der Waals surface area contributed by atoms with Crippen LogP contribution >= 0.6 is 0 Å². The van der Waals surface area contributed by atoms with Crippen LogP contribution in [0.3, 0.4) is 0 Å². The Kier molecular flexibility index (Phi) is 6.17. The summed E-state index contributed by atoms with van der Waals surface area (Å²) < 4.78 is 50.7. The fraction of sp³-hybridized carbons (Fsp3) is 0.455. The number of hydrogen-bond acceptors (Lipinski definition) is 4. The van der Waals surface area contributed by atoms with Gasteiger partial charge in [0.2, 0.25) is 0 Å². The van der Waals surface area contributed by atoms with Crippen molar-refractivity contribution in [1.82, 2.24) is 0 Å². The molecule has 0 aliphatic carbocycles. The first kappa shape index (κ1) is 22.6. The van der Waals surface area contributed by atoms with Gasteiger partial charge in [-0.15, -0.1) is 0 Å². The van der Waals surface area contributed by atoms with Crippen LogP contribution < -0.4 is 0 Å². The molecule has 0 aliphatic heterocycles. The summed E-state index contributed by atoms with van der Waals surface area (Å²) in [5.41, 5.74) is 1.05. The molecule has 0 amide bonds. The van der Waals surface area contributed by atoms with E-state index < -0.39 is 17.7 Å². The van der Waals surface area contributed by atoms with Crippen LogP contribution in [0, 0.1) is 16.7 Å². The van der Waals surface area contributed by atoms with Crippen molar-refractivity contribution in [3.63, 3.8) is 0 Å². The van der Waals surface area contributed by atoms with Crippen LogP contribution in [0.5, 0.6) is 0 Å². The molecule has 0 aliphatic rings. The summed E-state index contributed by atoms with van der Waals surface area (Å²) in [7, 11) is -9.03. The molecule has 0 spiro atoms. The zero-order valence-corrected chi connectivity index (χ0v) is 19.1. The Bertz CT molecular complexity index is 1010. The minimum atomic E-state index is -4.52. The van der Waals surface area contributed by atoms with Crippen molar-refractivity contribution in [2.75, 3.05) is 0 Å². The monoisotopic (exact) mass is 422 g/mol. The maximum atomic E-state index is 12.7. The van der Waals surface area contributed by atoms with E-state index in [9.17, 15) is 16.8 Å². The van der Waals surface area contributed by atoms with E-state index in [-0.39, 0.29) is 20.6 Å². The van der Waals surface area contributed by atoms with Gasteiger partial charge in [-0.1, -0.05) is 71.9 Å². The standard InChI is InChI=1S/C22H30O4S2/c1-17(2)22(6,21(3,4)5)16-18-12-14-20(15-13-18)28(25,26)27(23,24)19-10-8-7-9-11-19/h7-15,17H,16H2,1-6H3. The zero-order chi connectivity index (χ0) is 21.4. The van der Waals surface area contributed by atoms with Crippen LogP contribution in [0.1, 0.15) is 47.1 Å². The van der Waals surface area contributed by atoms with Gasteiger partial charge >= 0.3 is 0 Å². The molecule has 0 radical (unpaired) electrons. The summed E-state index contributed by atoms with van der Waals surface area (Å²) >= 11 is 0. The molecule has 6 heteroatoms. The Labute approximate surface area is 169 Å². The predicted octanol–water partition coefficient (Wildman–Crippen LogP) is 5.10. The van der Waals surface area contributed by atoms with Crippen molar-refractivity contribution in [2.45, 2.75) is 57.8 Å². The van der Waals surface area contributed by atoms with Crippen LogP contribution in [-0.2, 0) is 24.2 Å². The molecule has 0 N–H and O–H groups in total. The van der Waals surface area contributed by atoms with Crippen LogP contribution in [0.2, 0.25) is 0 Å². The highest BCUT2D eigenvalue weighted by atomic mass is 33.2. The molecular weight excluding hydrogens is 392 g/mol. The average Bonchev–Trinajstić information content (AvgIpc) is 2.61. The van der Waals surface area contributed by atoms with Gasteiger partial charge in [-0.3, -0.25) is 0 Å². The third-order valence-electron chi connectivity index (χ3n) is 6.09. The third kappa shape index (κ3) is 4.03. The second-order valence-electron chi connectivity index (χ2n) is 8.86. The highest BCUT2D eigenvalue weighted by Gasteiger charge is 2.40. The lowest BCUT2D eigenvalue weighted by molar-refractivity contribution is 0.0517. The van der Waals surface area contributed by atoms with E-state index in [1.807, 2.05) is 0 Å². The lowest BCUT2D eigenvalue weighted by atomic mass is 9.59. The molecule has 0 saturated heterocycles. The van der Waals surface area contributed by atoms with Crippen molar-refractivity contribution in [1.29, 1.82) is 0 Å². The lowest BCUT2D eigenvalue weighted by Crippen LogP contribution is -2.39. The average molecular weight is 423 g/mol. The molecule has 4 nitrogen and oxygen atoms in total. The molecule has 2 aromatic carbocycles.